The van der Waals surface area contributed by atoms with Crippen molar-refractivity contribution < 1.29 is 66.7 Å². The fourth-order valence-corrected chi connectivity index (χ4v) is 3.81. The lowest BCUT2D eigenvalue weighted by molar-refractivity contribution is -0.142. The Morgan fingerprint density at radius 1 is 0.857 bits per heavy atom. The summed E-state index contributed by atoms with van der Waals surface area (Å²) in [5.74, 6) is -9.26. The molecule has 1 unspecified atom stereocenters. The smallest absolute Gasteiger partial charge is 0.347 e. The first-order valence-corrected chi connectivity index (χ1v) is 11.7. The highest BCUT2D eigenvalue weighted by Crippen LogP contribution is 2.43. The first-order valence-electron chi connectivity index (χ1n) is 11.3. The van der Waals surface area contributed by atoms with E-state index in [2.05, 4.69) is 0 Å². The molecule has 0 aliphatic carbocycles. The van der Waals surface area contributed by atoms with Crippen molar-refractivity contribution in [1.82, 2.24) is 5.32 Å². The maximum absolute atomic E-state index is 14.9. The van der Waals surface area contributed by atoms with Gasteiger partial charge in [-0.05, 0) is 29.8 Å². The molecule has 2 atom stereocenters. The molecule has 0 saturated heterocycles. The Hall–Kier alpha value is -3.30. The van der Waals surface area contributed by atoms with Crippen molar-refractivity contribution in [3.8, 4) is 0 Å². The third kappa shape index (κ3) is 9.36. The van der Waals surface area contributed by atoms with E-state index in [1.165, 1.54) is 5.32 Å². The van der Waals surface area contributed by atoms with Crippen LogP contribution in [-0.4, -0.2) is 30.6 Å². The fraction of sp³-hybridized carbons (Fsp3) is 0.360. The number of rotatable bonds is 8. The Bertz CT molecular complexity index is 1340. The Labute approximate surface area is 233 Å². The van der Waals surface area contributed by atoms with Crippen molar-refractivity contribution >= 4 is 29.1 Å². The summed E-state index contributed by atoms with van der Waals surface area (Å²) in [6, 6.07) is 1.87. The summed E-state index contributed by atoms with van der Waals surface area (Å²) in [7, 11) is 0. The molecule has 232 valence electrons. The molecule has 0 heterocycles. The number of ketones is 1. The van der Waals surface area contributed by atoms with Crippen molar-refractivity contribution in [2.24, 2.45) is 5.92 Å². The maximum atomic E-state index is 14.9. The van der Waals surface area contributed by atoms with Crippen LogP contribution in [0.5, 0.6) is 0 Å². The summed E-state index contributed by atoms with van der Waals surface area (Å²) in [4.78, 5) is 24.3. The molecule has 1 amide bonds. The lowest BCUT2D eigenvalue weighted by Gasteiger charge is -2.20. The van der Waals surface area contributed by atoms with E-state index in [-0.39, 0.29) is 18.2 Å². The third-order valence-electron chi connectivity index (χ3n) is 5.62. The van der Waals surface area contributed by atoms with Gasteiger partial charge in [0.05, 0.1) is 16.1 Å². The van der Waals surface area contributed by atoms with Gasteiger partial charge in [0.25, 0.3) is 0 Å². The molecule has 2 rings (SSSR count). The predicted molar refractivity (Wildman–Crippen MR) is 123 cm³/mol. The van der Waals surface area contributed by atoms with Crippen LogP contribution >= 0.6 is 11.6 Å². The Morgan fingerprint density at radius 2 is 1.43 bits per heavy atom. The molecule has 2 aromatic carbocycles. The quantitative estimate of drug-likeness (QED) is 0.230. The van der Waals surface area contributed by atoms with Gasteiger partial charge < -0.3 is 5.32 Å². The molecule has 0 aliphatic rings. The van der Waals surface area contributed by atoms with Crippen LogP contribution in [0.3, 0.4) is 0 Å². The molecule has 0 spiro atoms. The van der Waals surface area contributed by atoms with E-state index < -0.39 is 99.9 Å². The number of allylic oxidation sites excluding steroid dienone is 1. The van der Waals surface area contributed by atoms with Gasteiger partial charge in [-0.1, -0.05) is 36.7 Å². The molecule has 42 heavy (non-hydrogen) atoms. The number of hydrogen-bond acceptors (Lipinski definition) is 2. The molecule has 1 N–H and O–H groups in total. The van der Waals surface area contributed by atoms with Crippen LogP contribution in [0.2, 0.25) is 5.02 Å². The summed E-state index contributed by atoms with van der Waals surface area (Å²) >= 11 is 5.39. The molecule has 3 nitrogen and oxygen atoms in total. The molecular formula is C25H17ClF13NO2. The van der Waals surface area contributed by atoms with Gasteiger partial charge in [-0.2, -0.15) is 52.7 Å². The zero-order chi connectivity index (χ0) is 32.4. The van der Waals surface area contributed by atoms with Crippen LogP contribution in [0.15, 0.2) is 42.5 Å². The summed E-state index contributed by atoms with van der Waals surface area (Å²) in [5, 5.41) is 0.490. The van der Waals surface area contributed by atoms with E-state index in [4.69, 9.17) is 11.6 Å². The molecule has 2 aromatic rings. The number of amides is 1. The van der Waals surface area contributed by atoms with Crippen molar-refractivity contribution in [1.29, 1.82) is 0 Å². The highest BCUT2D eigenvalue weighted by atomic mass is 35.5. The number of carbonyl (C=O) groups excluding carboxylic acids is 2. The number of nitrogens with one attached hydrogen (secondary N) is 1. The van der Waals surface area contributed by atoms with Crippen LogP contribution in [0.25, 0.3) is 5.83 Å². The van der Waals surface area contributed by atoms with Gasteiger partial charge in [-0.15, -0.1) is 0 Å². The SMILES string of the molecule is C[C@@H](CC(=O)c1ccc(/C(F)=C/C(c2ccc(Cl)c(C(F)(F)F)c2)C(F)(F)F)cc1C(F)(F)F)C(=O)NCC(F)(F)F. The zero-order valence-corrected chi connectivity index (χ0v) is 21.5. The highest BCUT2D eigenvalue weighted by Gasteiger charge is 2.42. The molecule has 0 bridgehead atoms. The second-order valence-electron chi connectivity index (χ2n) is 8.89. The third-order valence-corrected chi connectivity index (χ3v) is 5.95. The average molecular weight is 646 g/mol. The summed E-state index contributed by atoms with van der Waals surface area (Å²) in [5.41, 5.74) is -6.93. The Morgan fingerprint density at radius 3 is 1.93 bits per heavy atom. The predicted octanol–water partition coefficient (Wildman–Crippen LogP) is 8.92. The van der Waals surface area contributed by atoms with Gasteiger partial charge in [-0.3, -0.25) is 9.59 Å². The minimum Gasteiger partial charge on any atom is -0.347 e. The van der Waals surface area contributed by atoms with E-state index in [9.17, 15) is 66.7 Å². The van der Waals surface area contributed by atoms with E-state index in [0.717, 1.165) is 6.92 Å². The van der Waals surface area contributed by atoms with E-state index in [1.54, 1.807) is 0 Å². The number of halogens is 14. The van der Waals surface area contributed by atoms with Crippen LogP contribution in [-0.2, 0) is 17.1 Å². The van der Waals surface area contributed by atoms with Gasteiger partial charge in [0.15, 0.2) is 5.78 Å². The van der Waals surface area contributed by atoms with Crippen molar-refractivity contribution in [2.75, 3.05) is 6.54 Å². The number of Topliss-reactive ketones (excluding diaryl/α,β-unsaturated/α-hetero) is 1. The Balaban J connectivity index is 2.48. The molecule has 17 heteroatoms. The van der Waals surface area contributed by atoms with Gasteiger partial charge in [0, 0.05) is 23.5 Å². The highest BCUT2D eigenvalue weighted by molar-refractivity contribution is 6.31. The minimum absolute atomic E-state index is 0.0131. The first-order chi connectivity index (χ1) is 18.9. The van der Waals surface area contributed by atoms with E-state index in [1.807, 2.05) is 0 Å². The minimum atomic E-state index is -5.42. The van der Waals surface area contributed by atoms with Crippen molar-refractivity contribution in [2.45, 2.75) is 44.0 Å². The standard InChI is InChI=1S/C25H17ClF13NO2/c1-11(21(42)40-10-22(28,29)30)6-20(41)14-4-2-13(8-16(14)24(34,35)36)19(27)9-15(23(31,32)33)12-3-5-18(26)17(7-12)25(37,38)39/h2-5,7-9,11,15H,6,10H2,1H3,(H,40,42)/b19-9-/t11-,15?/m0/s1. The molecule has 0 fully saturated rings. The summed E-state index contributed by atoms with van der Waals surface area (Å²) < 4.78 is 173. The number of benzene rings is 2. The number of hydrogen-bond donors (Lipinski definition) is 1. The van der Waals surface area contributed by atoms with E-state index >= 15 is 0 Å². The molecule has 0 aromatic heterocycles. The molecule has 0 radical (unpaired) electrons. The Kier molecular flexibility index (Phi) is 10.4. The van der Waals surface area contributed by atoms with Gasteiger partial charge in [-0.25, -0.2) is 4.39 Å². The lowest BCUT2D eigenvalue weighted by Crippen LogP contribution is -2.37. The maximum Gasteiger partial charge on any atom is 0.417 e. The summed E-state index contributed by atoms with van der Waals surface area (Å²) in [6.45, 7) is -0.823. The molecule has 0 saturated carbocycles. The monoisotopic (exact) mass is 645 g/mol. The second-order valence-corrected chi connectivity index (χ2v) is 9.30. The average Bonchev–Trinajstić information content (AvgIpc) is 2.83. The fourth-order valence-electron chi connectivity index (χ4n) is 3.59. The topological polar surface area (TPSA) is 46.2 Å². The number of carbonyl (C=O) groups is 2. The first kappa shape index (κ1) is 34.9. The normalized spacial score (nSPS) is 14.9. The van der Waals surface area contributed by atoms with Gasteiger partial charge in [0.2, 0.25) is 5.91 Å². The lowest BCUT2D eigenvalue weighted by atomic mass is 9.92. The second kappa shape index (κ2) is 12.5. The van der Waals surface area contributed by atoms with E-state index in [0.29, 0.717) is 24.3 Å². The van der Waals surface area contributed by atoms with Gasteiger partial charge in [0.1, 0.15) is 18.3 Å². The van der Waals surface area contributed by atoms with Crippen LogP contribution in [0, 0.1) is 5.92 Å². The van der Waals surface area contributed by atoms with Crippen LogP contribution in [0.1, 0.15) is 51.9 Å². The largest absolute Gasteiger partial charge is 0.417 e. The van der Waals surface area contributed by atoms with Gasteiger partial charge >= 0.3 is 24.7 Å². The van der Waals surface area contributed by atoms with Crippen LogP contribution < -0.4 is 5.32 Å². The zero-order valence-electron chi connectivity index (χ0n) is 20.7. The summed E-state index contributed by atoms with van der Waals surface area (Å²) in [6.07, 6.45) is -22.1. The van der Waals surface area contributed by atoms with Crippen LogP contribution in [0.4, 0.5) is 57.1 Å². The molecular weight excluding hydrogens is 629 g/mol. The van der Waals surface area contributed by atoms with Crippen molar-refractivity contribution in [3.05, 3.63) is 75.3 Å². The molecule has 0 aliphatic heterocycles. The number of alkyl halides is 12. The van der Waals surface area contributed by atoms with Crippen molar-refractivity contribution in [3.63, 3.8) is 0 Å².